The largest absolute Gasteiger partial charge is 0.392 e. The summed E-state index contributed by atoms with van der Waals surface area (Å²) in [6.07, 6.45) is -0.974. The molecule has 0 aliphatic heterocycles. The van der Waals surface area contributed by atoms with Crippen LogP contribution in [0.3, 0.4) is 0 Å². The van der Waals surface area contributed by atoms with Crippen LogP contribution in [-0.2, 0) is 0 Å². The maximum absolute atomic E-state index is 9.69. The van der Waals surface area contributed by atoms with E-state index in [1.807, 2.05) is 13.8 Å². The molecule has 0 spiro atoms. The van der Waals surface area contributed by atoms with Crippen LogP contribution in [0.4, 0.5) is 0 Å². The molecule has 3 nitrogen and oxygen atoms in total. The highest BCUT2D eigenvalue weighted by Crippen LogP contribution is 2.13. The Hall–Kier alpha value is -0.120. The average molecular weight is 189 g/mol. The van der Waals surface area contributed by atoms with Crippen molar-refractivity contribution in [1.29, 1.82) is 0 Å². The highest BCUT2D eigenvalue weighted by Gasteiger charge is 2.20. The Balaban J connectivity index is 3.92. The van der Waals surface area contributed by atoms with Gasteiger partial charge in [0.15, 0.2) is 0 Å². The third kappa shape index (κ3) is 4.60. The molecule has 0 aliphatic rings. The van der Waals surface area contributed by atoms with Gasteiger partial charge in [-0.05, 0) is 25.7 Å². The number of hydrogen-bond acceptors (Lipinski definition) is 3. The molecule has 0 heterocycles. The fourth-order valence-corrected chi connectivity index (χ4v) is 0.925. The second-order valence-electron chi connectivity index (χ2n) is 4.24. The van der Waals surface area contributed by atoms with E-state index in [4.69, 9.17) is 0 Å². The van der Waals surface area contributed by atoms with Gasteiger partial charge in [0.1, 0.15) is 6.23 Å². The first kappa shape index (κ1) is 12.9. The lowest BCUT2D eigenvalue weighted by atomic mass is 9.96. The second kappa shape index (κ2) is 5.58. The zero-order valence-electron chi connectivity index (χ0n) is 9.28. The minimum atomic E-state index is -0.537. The van der Waals surface area contributed by atoms with E-state index < -0.39 is 12.3 Å². The van der Waals surface area contributed by atoms with Crippen molar-refractivity contribution in [3.8, 4) is 0 Å². The number of aliphatic hydroxyl groups excluding tert-OH is 2. The van der Waals surface area contributed by atoms with Crippen molar-refractivity contribution in [3.05, 3.63) is 0 Å². The molecule has 0 aliphatic carbocycles. The molecule has 0 radical (unpaired) electrons. The third-order valence-corrected chi connectivity index (χ3v) is 2.71. The van der Waals surface area contributed by atoms with Crippen LogP contribution in [0.2, 0.25) is 0 Å². The molecule has 13 heavy (non-hydrogen) atoms. The van der Waals surface area contributed by atoms with Crippen molar-refractivity contribution < 1.29 is 10.2 Å². The van der Waals surface area contributed by atoms with E-state index in [1.54, 1.807) is 6.92 Å². The fourth-order valence-electron chi connectivity index (χ4n) is 0.925. The minimum Gasteiger partial charge on any atom is -0.392 e. The molecule has 0 aromatic heterocycles. The summed E-state index contributed by atoms with van der Waals surface area (Å²) in [6.45, 7) is 9.72. The SMILES string of the molecule is CC(C)[C@H](C)C(O)N[C@@H](C)C(C)O. The van der Waals surface area contributed by atoms with E-state index in [9.17, 15) is 10.2 Å². The third-order valence-electron chi connectivity index (χ3n) is 2.71. The normalized spacial score (nSPS) is 21.2. The van der Waals surface area contributed by atoms with E-state index >= 15 is 0 Å². The van der Waals surface area contributed by atoms with Gasteiger partial charge in [-0.3, -0.25) is 5.32 Å². The molecule has 4 atom stereocenters. The van der Waals surface area contributed by atoms with Crippen LogP contribution in [0.1, 0.15) is 34.6 Å². The first-order chi connectivity index (χ1) is 5.86. The van der Waals surface area contributed by atoms with E-state index in [0.717, 1.165) is 0 Å². The summed E-state index contributed by atoms with van der Waals surface area (Å²) < 4.78 is 0. The second-order valence-corrected chi connectivity index (χ2v) is 4.24. The van der Waals surface area contributed by atoms with Gasteiger partial charge < -0.3 is 10.2 Å². The van der Waals surface area contributed by atoms with E-state index in [0.29, 0.717) is 5.92 Å². The summed E-state index contributed by atoms with van der Waals surface area (Å²) >= 11 is 0. The van der Waals surface area contributed by atoms with Crippen LogP contribution in [0.25, 0.3) is 0 Å². The summed E-state index contributed by atoms with van der Waals surface area (Å²) in [5, 5.41) is 21.9. The van der Waals surface area contributed by atoms with Gasteiger partial charge in [0, 0.05) is 6.04 Å². The van der Waals surface area contributed by atoms with Gasteiger partial charge in [0.05, 0.1) is 6.10 Å². The lowest BCUT2D eigenvalue weighted by Gasteiger charge is -2.27. The lowest BCUT2D eigenvalue weighted by molar-refractivity contribution is 0.0297. The van der Waals surface area contributed by atoms with Crippen molar-refractivity contribution >= 4 is 0 Å². The van der Waals surface area contributed by atoms with Crippen molar-refractivity contribution in [2.45, 2.75) is 53.0 Å². The topological polar surface area (TPSA) is 52.5 Å². The Kier molecular flexibility index (Phi) is 5.53. The molecule has 2 unspecified atom stereocenters. The molecule has 3 heteroatoms. The zero-order valence-corrected chi connectivity index (χ0v) is 9.28. The molecule has 0 fully saturated rings. The van der Waals surface area contributed by atoms with Crippen LogP contribution >= 0.6 is 0 Å². The minimum absolute atomic E-state index is 0.0730. The Bertz CT molecular complexity index is 137. The highest BCUT2D eigenvalue weighted by atomic mass is 16.3. The number of hydrogen-bond donors (Lipinski definition) is 3. The van der Waals surface area contributed by atoms with Gasteiger partial charge in [0.2, 0.25) is 0 Å². The zero-order chi connectivity index (χ0) is 10.6. The molecule has 0 amide bonds. The van der Waals surface area contributed by atoms with Gasteiger partial charge >= 0.3 is 0 Å². The molecular weight excluding hydrogens is 166 g/mol. The van der Waals surface area contributed by atoms with Gasteiger partial charge in [-0.15, -0.1) is 0 Å². The molecule has 3 N–H and O–H groups in total. The van der Waals surface area contributed by atoms with Crippen LogP contribution in [-0.4, -0.2) is 28.6 Å². The summed E-state index contributed by atoms with van der Waals surface area (Å²) in [5.74, 6) is 0.630. The molecule has 0 saturated carbocycles. The molecule has 0 rings (SSSR count). The van der Waals surface area contributed by atoms with Crippen molar-refractivity contribution in [2.75, 3.05) is 0 Å². The first-order valence-corrected chi connectivity index (χ1v) is 4.98. The molecule has 0 bridgehead atoms. The van der Waals surface area contributed by atoms with Gasteiger partial charge in [-0.2, -0.15) is 0 Å². The van der Waals surface area contributed by atoms with E-state index in [-0.39, 0.29) is 12.0 Å². The molecule has 0 aromatic rings. The van der Waals surface area contributed by atoms with E-state index in [2.05, 4.69) is 19.2 Å². The van der Waals surface area contributed by atoms with Gasteiger partial charge in [0.25, 0.3) is 0 Å². The Morgan fingerprint density at radius 1 is 0.923 bits per heavy atom. The maximum Gasteiger partial charge on any atom is 0.108 e. The maximum atomic E-state index is 9.69. The molecular formula is C10H23NO2. The summed E-state index contributed by atoms with van der Waals surface area (Å²) in [7, 11) is 0. The van der Waals surface area contributed by atoms with Gasteiger partial charge in [-0.1, -0.05) is 20.8 Å². The monoisotopic (exact) mass is 189 g/mol. The van der Waals surface area contributed by atoms with E-state index in [1.165, 1.54) is 0 Å². The Labute approximate surface area is 81.2 Å². The number of aliphatic hydroxyl groups is 2. The van der Waals surface area contributed by atoms with Crippen LogP contribution in [0.5, 0.6) is 0 Å². The molecule has 0 aromatic carbocycles. The fraction of sp³-hybridized carbons (Fsp3) is 1.00. The quantitative estimate of drug-likeness (QED) is 0.565. The molecule has 0 saturated heterocycles. The van der Waals surface area contributed by atoms with Crippen LogP contribution in [0.15, 0.2) is 0 Å². The Morgan fingerprint density at radius 3 is 1.69 bits per heavy atom. The predicted octanol–water partition coefficient (Wildman–Crippen LogP) is 0.956. The van der Waals surface area contributed by atoms with Crippen molar-refractivity contribution in [1.82, 2.24) is 5.32 Å². The molecule has 80 valence electrons. The number of nitrogens with one attached hydrogen (secondary N) is 1. The van der Waals surface area contributed by atoms with Gasteiger partial charge in [-0.25, -0.2) is 0 Å². The smallest absolute Gasteiger partial charge is 0.108 e. The summed E-state index contributed by atoms with van der Waals surface area (Å²) in [5.41, 5.74) is 0. The highest BCUT2D eigenvalue weighted by molar-refractivity contribution is 4.72. The van der Waals surface area contributed by atoms with Crippen molar-refractivity contribution in [2.24, 2.45) is 11.8 Å². The summed E-state index contributed by atoms with van der Waals surface area (Å²) in [4.78, 5) is 0. The summed E-state index contributed by atoms with van der Waals surface area (Å²) in [6, 6.07) is -0.0730. The predicted molar refractivity (Wildman–Crippen MR) is 54.3 cm³/mol. The van der Waals surface area contributed by atoms with Crippen molar-refractivity contribution in [3.63, 3.8) is 0 Å². The van der Waals surface area contributed by atoms with Crippen LogP contribution in [0, 0.1) is 11.8 Å². The standard InChI is InChI=1S/C10H23NO2/c1-6(2)7(3)10(13)11-8(4)9(5)12/h6-13H,1-5H3/t7-,8-,9?,10?/m0/s1. The first-order valence-electron chi connectivity index (χ1n) is 4.98. The lowest BCUT2D eigenvalue weighted by Crippen LogP contribution is -2.46. The number of rotatable bonds is 5. The van der Waals surface area contributed by atoms with Crippen LogP contribution < -0.4 is 5.32 Å². The Morgan fingerprint density at radius 2 is 1.38 bits per heavy atom. The average Bonchev–Trinajstić information content (AvgIpc) is 2.02.